The molecule has 1 amide bonds. The van der Waals surface area contributed by atoms with Gasteiger partial charge in [-0.25, -0.2) is 0 Å². The lowest BCUT2D eigenvalue weighted by Gasteiger charge is -2.35. The van der Waals surface area contributed by atoms with Gasteiger partial charge in [0.2, 0.25) is 0 Å². The molecule has 4 nitrogen and oxygen atoms in total. The predicted molar refractivity (Wildman–Crippen MR) is 85.8 cm³/mol. The number of carbonyl (C=O) groups excluding carboxylic acids is 2. The third kappa shape index (κ3) is 5.47. The number of alkyl halides is 3. The molecule has 1 aromatic rings. The van der Waals surface area contributed by atoms with E-state index in [2.05, 4.69) is 0 Å². The van der Waals surface area contributed by atoms with Crippen LogP contribution in [0.5, 0.6) is 0 Å². The van der Waals surface area contributed by atoms with Crippen molar-refractivity contribution in [3.05, 3.63) is 35.4 Å². The maximum atomic E-state index is 12.7. The Balaban J connectivity index is 1.87. The fraction of sp³-hybridized carbons (Fsp3) is 0.556. The van der Waals surface area contributed by atoms with E-state index in [9.17, 15) is 22.8 Å². The highest BCUT2D eigenvalue weighted by molar-refractivity contribution is 5.81. The molecular weight excluding hydrogens is 335 g/mol. The molecule has 1 aliphatic heterocycles. The molecular formula is C18H22F3NO3. The van der Waals surface area contributed by atoms with Gasteiger partial charge in [0, 0.05) is 12.6 Å². The first-order chi connectivity index (χ1) is 11.8. The largest absolute Gasteiger partial charge is 0.455 e. The zero-order valence-corrected chi connectivity index (χ0v) is 14.1. The van der Waals surface area contributed by atoms with Crippen LogP contribution in [-0.4, -0.2) is 36.0 Å². The van der Waals surface area contributed by atoms with Crippen molar-refractivity contribution in [2.45, 2.75) is 51.2 Å². The van der Waals surface area contributed by atoms with Crippen LogP contribution in [0.3, 0.4) is 0 Å². The van der Waals surface area contributed by atoms with Crippen molar-refractivity contribution in [3.63, 3.8) is 0 Å². The minimum absolute atomic E-state index is 0.170. The third-order valence-corrected chi connectivity index (χ3v) is 4.38. The average Bonchev–Trinajstić information content (AvgIpc) is 2.59. The molecule has 0 aliphatic carbocycles. The summed E-state index contributed by atoms with van der Waals surface area (Å²) >= 11 is 0. The zero-order chi connectivity index (χ0) is 18.4. The van der Waals surface area contributed by atoms with Crippen molar-refractivity contribution in [1.29, 1.82) is 0 Å². The van der Waals surface area contributed by atoms with Gasteiger partial charge in [0.1, 0.15) is 0 Å². The number of esters is 1. The number of piperidine rings is 1. The van der Waals surface area contributed by atoms with Gasteiger partial charge in [0.15, 0.2) is 6.61 Å². The maximum Gasteiger partial charge on any atom is 0.416 e. The highest BCUT2D eigenvalue weighted by atomic mass is 19.4. The van der Waals surface area contributed by atoms with Gasteiger partial charge < -0.3 is 9.64 Å². The number of ether oxygens (including phenoxy) is 1. The van der Waals surface area contributed by atoms with Gasteiger partial charge in [0.05, 0.1) is 12.0 Å². The normalized spacial score (nSPS) is 18.1. The van der Waals surface area contributed by atoms with Gasteiger partial charge in [-0.2, -0.15) is 13.2 Å². The Kier molecular flexibility index (Phi) is 6.45. The molecule has 2 rings (SSSR count). The number of nitrogens with zero attached hydrogens (tertiary/aromatic N) is 1. The number of likely N-dealkylation sites (tertiary alicyclic amines) is 1. The Morgan fingerprint density at radius 2 is 2.04 bits per heavy atom. The van der Waals surface area contributed by atoms with Crippen LogP contribution in [0, 0.1) is 0 Å². The van der Waals surface area contributed by atoms with E-state index >= 15 is 0 Å². The lowest BCUT2D eigenvalue weighted by Crippen LogP contribution is -2.45. The molecule has 1 aromatic carbocycles. The SMILES string of the molecule is CCC1CCCCN1C(=O)COC(=O)Cc1cccc(C(F)(F)F)c1. The summed E-state index contributed by atoms with van der Waals surface area (Å²) < 4.78 is 43.0. The summed E-state index contributed by atoms with van der Waals surface area (Å²) in [6.45, 7) is 2.30. The first kappa shape index (κ1) is 19.3. The lowest BCUT2D eigenvalue weighted by atomic mass is 10.00. The first-order valence-electron chi connectivity index (χ1n) is 8.42. The van der Waals surface area contributed by atoms with E-state index < -0.39 is 17.7 Å². The summed E-state index contributed by atoms with van der Waals surface area (Å²) in [5.74, 6) is -0.957. The average molecular weight is 357 g/mol. The summed E-state index contributed by atoms with van der Waals surface area (Å²) in [6, 6.07) is 4.70. The molecule has 25 heavy (non-hydrogen) atoms. The number of rotatable bonds is 5. The van der Waals surface area contributed by atoms with Crippen molar-refractivity contribution in [3.8, 4) is 0 Å². The van der Waals surface area contributed by atoms with Crippen molar-refractivity contribution >= 4 is 11.9 Å². The number of hydrogen-bond acceptors (Lipinski definition) is 3. The Hall–Kier alpha value is -2.05. The summed E-state index contributed by atoms with van der Waals surface area (Å²) in [7, 11) is 0. The van der Waals surface area contributed by atoms with E-state index in [0.717, 1.165) is 37.8 Å². The van der Waals surface area contributed by atoms with Crippen LogP contribution < -0.4 is 0 Å². The van der Waals surface area contributed by atoms with Gasteiger partial charge in [-0.3, -0.25) is 9.59 Å². The highest BCUT2D eigenvalue weighted by Gasteiger charge is 2.30. The number of benzene rings is 1. The molecule has 0 spiro atoms. The van der Waals surface area contributed by atoms with E-state index in [1.165, 1.54) is 12.1 Å². The third-order valence-electron chi connectivity index (χ3n) is 4.38. The number of hydrogen-bond donors (Lipinski definition) is 0. The summed E-state index contributed by atoms with van der Waals surface area (Å²) in [6.07, 6.45) is -0.948. The number of carbonyl (C=O) groups is 2. The second-order valence-electron chi connectivity index (χ2n) is 6.18. The topological polar surface area (TPSA) is 46.6 Å². The first-order valence-corrected chi connectivity index (χ1v) is 8.42. The maximum absolute atomic E-state index is 12.7. The van der Waals surface area contributed by atoms with Crippen LogP contribution in [-0.2, 0) is 26.9 Å². The molecule has 0 N–H and O–H groups in total. The molecule has 0 radical (unpaired) electrons. The Morgan fingerprint density at radius 3 is 2.72 bits per heavy atom. The van der Waals surface area contributed by atoms with Crippen LogP contribution in [0.25, 0.3) is 0 Å². The standard InChI is InChI=1S/C18H22F3NO3/c1-2-15-8-3-4-9-22(15)16(23)12-25-17(24)11-13-6-5-7-14(10-13)18(19,20)21/h5-7,10,15H,2-4,8-9,11-12H2,1H3. The molecule has 1 atom stereocenters. The molecule has 0 saturated carbocycles. The smallest absolute Gasteiger partial charge is 0.416 e. The van der Waals surface area contributed by atoms with E-state index in [0.29, 0.717) is 6.54 Å². The van der Waals surface area contributed by atoms with Gasteiger partial charge in [-0.15, -0.1) is 0 Å². The van der Waals surface area contributed by atoms with Crippen LogP contribution >= 0.6 is 0 Å². The van der Waals surface area contributed by atoms with E-state index in [1.54, 1.807) is 4.90 Å². The van der Waals surface area contributed by atoms with Crippen molar-refractivity contribution < 1.29 is 27.5 Å². The summed E-state index contributed by atoms with van der Waals surface area (Å²) in [4.78, 5) is 25.8. The Labute approximate surface area is 144 Å². The van der Waals surface area contributed by atoms with Crippen molar-refractivity contribution in [2.75, 3.05) is 13.2 Å². The van der Waals surface area contributed by atoms with Gasteiger partial charge in [-0.1, -0.05) is 25.1 Å². The molecule has 1 heterocycles. The molecule has 0 bridgehead atoms. The van der Waals surface area contributed by atoms with Gasteiger partial charge >= 0.3 is 12.1 Å². The monoisotopic (exact) mass is 357 g/mol. The van der Waals surface area contributed by atoms with Crippen LogP contribution in [0.15, 0.2) is 24.3 Å². The van der Waals surface area contributed by atoms with Gasteiger partial charge in [0.25, 0.3) is 5.91 Å². The molecule has 1 aliphatic rings. The van der Waals surface area contributed by atoms with Crippen molar-refractivity contribution in [2.24, 2.45) is 0 Å². The molecule has 138 valence electrons. The second kappa shape index (κ2) is 8.36. The zero-order valence-electron chi connectivity index (χ0n) is 14.1. The fourth-order valence-electron chi connectivity index (χ4n) is 3.05. The van der Waals surface area contributed by atoms with Crippen LogP contribution in [0.4, 0.5) is 13.2 Å². The van der Waals surface area contributed by atoms with E-state index in [4.69, 9.17) is 4.74 Å². The molecule has 7 heteroatoms. The van der Waals surface area contributed by atoms with Crippen LogP contribution in [0.2, 0.25) is 0 Å². The minimum atomic E-state index is -4.46. The predicted octanol–water partition coefficient (Wildman–Crippen LogP) is 3.58. The van der Waals surface area contributed by atoms with E-state index in [1.807, 2.05) is 6.92 Å². The van der Waals surface area contributed by atoms with Crippen LogP contribution in [0.1, 0.15) is 43.7 Å². The number of amides is 1. The molecule has 1 fully saturated rings. The highest BCUT2D eigenvalue weighted by Crippen LogP contribution is 2.29. The summed E-state index contributed by atoms with van der Waals surface area (Å²) in [5, 5.41) is 0. The molecule has 1 unspecified atom stereocenters. The number of halogens is 3. The quantitative estimate of drug-likeness (QED) is 0.757. The molecule has 1 saturated heterocycles. The van der Waals surface area contributed by atoms with E-state index in [-0.39, 0.29) is 30.5 Å². The van der Waals surface area contributed by atoms with Crippen molar-refractivity contribution in [1.82, 2.24) is 4.90 Å². The summed E-state index contributed by atoms with van der Waals surface area (Å²) in [5.41, 5.74) is -0.607. The van der Waals surface area contributed by atoms with Gasteiger partial charge in [-0.05, 0) is 37.3 Å². The minimum Gasteiger partial charge on any atom is -0.455 e. The fourth-order valence-corrected chi connectivity index (χ4v) is 3.05. The second-order valence-corrected chi connectivity index (χ2v) is 6.18. The lowest BCUT2D eigenvalue weighted by molar-refractivity contribution is -0.153. The molecule has 0 aromatic heterocycles. The Morgan fingerprint density at radius 1 is 1.28 bits per heavy atom. The Bertz CT molecular complexity index is 616.